The highest BCUT2D eigenvalue weighted by Crippen LogP contribution is 2.29. The smallest absolute Gasteiger partial charge is 0.119 e. The van der Waals surface area contributed by atoms with E-state index < -0.39 is 0 Å². The predicted molar refractivity (Wildman–Crippen MR) is 92.9 cm³/mol. The number of phenols is 1. The average Bonchev–Trinajstić information content (AvgIpc) is 2.61. The average molecular weight is 350 g/mol. The number of hydrogen-bond donors (Lipinski definition) is 2. The summed E-state index contributed by atoms with van der Waals surface area (Å²) in [5.41, 5.74) is 0. The Kier molecular flexibility index (Phi) is 8.48. The first-order valence-corrected chi connectivity index (χ1v) is 8.55. The lowest BCUT2D eigenvalue weighted by Crippen LogP contribution is -2.11. The summed E-state index contributed by atoms with van der Waals surface area (Å²) in [6.07, 6.45) is 0. The summed E-state index contributed by atoms with van der Waals surface area (Å²) in [5, 5.41) is 17.8. The fourth-order valence-corrected chi connectivity index (χ4v) is 2.68. The number of ether oxygens (including phenoxy) is 3. The van der Waals surface area contributed by atoms with E-state index in [4.69, 9.17) is 19.3 Å². The van der Waals surface area contributed by atoms with E-state index in [1.54, 1.807) is 23.9 Å². The number of benzene rings is 2. The van der Waals surface area contributed by atoms with Crippen molar-refractivity contribution in [2.45, 2.75) is 9.79 Å². The zero-order chi connectivity index (χ0) is 17.0. The van der Waals surface area contributed by atoms with Crippen LogP contribution in [0.2, 0.25) is 0 Å². The Morgan fingerprint density at radius 3 is 1.88 bits per heavy atom. The largest absolute Gasteiger partial charge is 0.508 e. The van der Waals surface area contributed by atoms with Crippen molar-refractivity contribution in [1.29, 1.82) is 0 Å². The van der Waals surface area contributed by atoms with Crippen LogP contribution < -0.4 is 4.74 Å². The van der Waals surface area contributed by atoms with Gasteiger partial charge in [0.05, 0.1) is 33.0 Å². The van der Waals surface area contributed by atoms with Gasteiger partial charge in [0.1, 0.15) is 18.1 Å². The molecular formula is C18H22O5S. The van der Waals surface area contributed by atoms with Crippen LogP contribution in [-0.2, 0) is 9.47 Å². The van der Waals surface area contributed by atoms with Gasteiger partial charge in [0, 0.05) is 9.79 Å². The minimum Gasteiger partial charge on any atom is -0.508 e. The third-order valence-electron chi connectivity index (χ3n) is 3.00. The predicted octanol–water partition coefficient (Wildman–Crippen LogP) is 2.95. The fraction of sp³-hybridized carbons (Fsp3) is 0.333. The molecule has 0 unspecified atom stereocenters. The highest BCUT2D eigenvalue weighted by atomic mass is 32.2. The van der Waals surface area contributed by atoms with Crippen LogP contribution in [0.3, 0.4) is 0 Å². The standard InChI is InChI=1S/C18H22O5S/c19-9-10-21-11-12-22-13-14-23-16-3-7-18(8-4-16)24-17-5-1-15(20)2-6-17/h1-8,19-20H,9-14H2. The summed E-state index contributed by atoms with van der Waals surface area (Å²) >= 11 is 1.62. The van der Waals surface area contributed by atoms with Gasteiger partial charge in [-0.25, -0.2) is 0 Å². The third kappa shape index (κ3) is 7.23. The van der Waals surface area contributed by atoms with Crippen molar-refractivity contribution in [2.75, 3.05) is 39.6 Å². The van der Waals surface area contributed by atoms with E-state index in [2.05, 4.69) is 0 Å². The number of phenolic OH excluding ortho intramolecular Hbond substituents is 1. The van der Waals surface area contributed by atoms with E-state index in [9.17, 15) is 5.11 Å². The summed E-state index contributed by atoms with van der Waals surface area (Å²) in [5.74, 6) is 1.07. The highest BCUT2D eigenvalue weighted by Gasteiger charge is 1.99. The van der Waals surface area contributed by atoms with Gasteiger partial charge in [-0.3, -0.25) is 0 Å². The van der Waals surface area contributed by atoms with Crippen LogP contribution >= 0.6 is 11.8 Å². The van der Waals surface area contributed by atoms with Crippen LogP contribution in [0.25, 0.3) is 0 Å². The zero-order valence-electron chi connectivity index (χ0n) is 13.4. The Morgan fingerprint density at radius 2 is 1.25 bits per heavy atom. The van der Waals surface area contributed by atoms with Crippen molar-refractivity contribution in [1.82, 2.24) is 0 Å². The molecule has 0 amide bonds. The Balaban J connectivity index is 1.64. The maximum atomic E-state index is 9.28. The van der Waals surface area contributed by atoms with E-state index in [0.717, 1.165) is 15.5 Å². The van der Waals surface area contributed by atoms with Crippen molar-refractivity contribution in [3.05, 3.63) is 48.5 Å². The summed E-state index contributed by atoms with van der Waals surface area (Å²) in [6.45, 7) is 2.31. The molecule has 0 aliphatic carbocycles. The maximum absolute atomic E-state index is 9.28. The molecule has 130 valence electrons. The molecule has 0 aromatic heterocycles. The van der Waals surface area contributed by atoms with E-state index in [1.807, 2.05) is 36.4 Å². The first kappa shape index (κ1) is 18.6. The Morgan fingerprint density at radius 1 is 0.708 bits per heavy atom. The van der Waals surface area contributed by atoms with Gasteiger partial charge in [0.2, 0.25) is 0 Å². The lowest BCUT2D eigenvalue weighted by Gasteiger charge is -2.08. The molecule has 0 saturated carbocycles. The molecule has 0 spiro atoms. The SMILES string of the molecule is OCCOCCOCCOc1ccc(Sc2ccc(O)cc2)cc1. The molecule has 0 aliphatic heterocycles. The molecule has 6 heteroatoms. The molecule has 0 fully saturated rings. The van der Waals surface area contributed by atoms with Crippen LogP contribution in [0.4, 0.5) is 0 Å². The van der Waals surface area contributed by atoms with Crippen molar-refractivity contribution < 1.29 is 24.4 Å². The molecule has 24 heavy (non-hydrogen) atoms. The molecule has 2 N–H and O–H groups in total. The van der Waals surface area contributed by atoms with Crippen LogP contribution in [-0.4, -0.2) is 49.9 Å². The molecule has 0 bridgehead atoms. The molecule has 2 aromatic rings. The van der Waals surface area contributed by atoms with Gasteiger partial charge >= 0.3 is 0 Å². The monoisotopic (exact) mass is 350 g/mol. The minimum absolute atomic E-state index is 0.0319. The zero-order valence-corrected chi connectivity index (χ0v) is 14.2. The van der Waals surface area contributed by atoms with Crippen LogP contribution in [0.15, 0.2) is 58.3 Å². The molecule has 2 aromatic carbocycles. The normalized spacial score (nSPS) is 10.7. The fourth-order valence-electron chi connectivity index (χ4n) is 1.86. The highest BCUT2D eigenvalue weighted by molar-refractivity contribution is 7.99. The lowest BCUT2D eigenvalue weighted by atomic mass is 10.3. The molecule has 0 aliphatic rings. The van der Waals surface area contributed by atoms with Gasteiger partial charge in [0.25, 0.3) is 0 Å². The van der Waals surface area contributed by atoms with Crippen molar-refractivity contribution in [3.8, 4) is 11.5 Å². The molecule has 5 nitrogen and oxygen atoms in total. The molecule has 0 heterocycles. The molecule has 0 saturated heterocycles. The Labute approximate surface area is 146 Å². The van der Waals surface area contributed by atoms with Crippen molar-refractivity contribution in [3.63, 3.8) is 0 Å². The van der Waals surface area contributed by atoms with Gasteiger partial charge in [-0.1, -0.05) is 11.8 Å². The minimum atomic E-state index is 0.0319. The summed E-state index contributed by atoms with van der Waals surface area (Å²) < 4.78 is 16.0. The van der Waals surface area contributed by atoms with E-state index >= 15 is 0 Å². The number of aliphatic hydroxyl groups is 1. The number of rotatable bonds is 11. The number of aromatic hydroxyl groups is 1. The van der Waals surface area contributed by atoms with Gasteiger partial charge in [0.15, 0.2) is 0 Å². The molecular weight excluding hydrogens is 328 g/mol. The molecule has 2 rings (SSSR count). The Hall–Kier alpha value is -1.73. The summed E-state index contributed by atoms with van der Waals surface area (Å²) in [7, 11) is 0. The van der Waals surface area contributed by atoms with Crippen LogP contribution in [0, 0.1) is 0 Å². The van der Waals surface area contributed by atoms with Crippen LogP contribution in [0.5, 0.6) is 11.5 Å². The number of aliphatic hydroxyl groups excluding tert-OH is 1. The topological polar surface area (TPSA) is 68.2 Å². The van der Waals surface area contributed by atoms with E-state index in [1.165, 1.54) is 0 Å². The summed E-state index contributed by atoms with van der Waals surface area (Å²) in [4.78, 5) is 2.17. The van der Waals surface area contributed by atoms with Gasteiger partial charge in [-0.05, 0) is 48.5 Å². The number of hydrogen-bond acceptors (Lipinski definition) is 6. The maximum Gasteiger partial charge on any atom is 0.119 e. The van der Waals surface area contributed by atoms with Gasteiger partial charge in [-0.15, -0.1) is 0 Å². The van der Waals surface area contributed by atoms with E-state index in [-0.39, 0.29) is 12.4 Å². The molecule has 0 atom stereocenters. The molecule has 0 radical (unpaired) electrons. The van der Waals surface area contributed by atoms with Crippen molar-refractivity contribution >= 4 is 11.8 Å². The second-order valence-corrected chi connectivity index (χ2v) is 6.01. The van der Waals surface area contributed by atoms with Crippen molar-refractivity contribution in [2.24, 2.45) is 0 Å². The second-order valence-electron chi connectivity index (χ2n) is 4.86. The van der Waals surface area contributed by atoms with E-state index in [0.29, 0.717) is 33.0 Å². The second kappa shape index (κ2) is 10.9. The Bertz CT molecular complexity index is 571. The van der Waals surface area contributed by atoms with Crippen LogP contribution in [0.1, 0.15) is 0 Å². The third-order valence-corrected chi connectivity index (χ3v) is 4.02. The quantitative estimate of drug-likeness (QED) is 0.607. The summed E-state index contributed by atoms with van der Waals surface area (Å²) in [6, 6.07) is 15.0. The first-order chi connectivity index (χ1) is 11.8. The first-order valence-electron chi connectivity index (χ1n) is 7.74. The van der Waals surface area contributed by atoms with Gasteiger partial charge < -0.3 is 24.4 Å². The van der Waals surface area contributed by atoms with Gasteiger partial charge in [-0.2, -0.15) is 0 Å². The lowest BCUT2D eigenvalue weighted by molar-refractivity contribution is 0.0247.